The molecule has 3 aromatic rings. The number of halogens is 3. The number of alkyl halides is 3. The van der Waals surface area contributed by atoms with E-state index in [1.165, 1.54) is 25.4 Å². The summed E-state index contributed by atoms with van der Waals surface area (Å²) in [5, 5.41) is 3.59. The molecule has 2 aromatic carbocycles. The highest BCUT2D eigenvalue weighted by Gasteiger charge is 2.31. The fraction of sp³-hybridized carbons (Fsp3) is 0.360. The molecule has 2 heterocycles. The topological polar surface area (TPSA) is 93.7 Å². The summed E-state index contributed by atoms with van der Waals surface area (Å²) in [6, 6.07) is 10.5. The van der Waals surface area contributed by atoms with Gasteiger partial charge in [0.25, 0.3) is 5.91 Å². The van der Waals surface area contributed by atoms with Crippen molar-refractivity contribution in [3.63, 3.8) is 0 Å². The molecule has 1 aromatic heterocycles. The normalized spacial score (nSPS) is 14.5. The summed E-state index contributed by atoms with van der Waals surface area (Å²) < 4.78 is 46.6. The van der Waals surface area contributed by atoms with Gasteiger partial charge in [0.05, 0.1) is 17.8 Å². The van der Waals surface area contributed by atoms with Gasteiger partial charge in [-0.05, 0) is 49.2 Å². The van der Waals surface area contributed by atoms with E-state index in [-0.39, 0.29) is 23.5 Å². The Morgan fingerprint density at radius 2 is 1.75 bits per heavy atom. The van der Waals surface area contributed by atoms with E-state index in [2.05, 4.69) is 20.0 Å². The first-order valence-corrected chi connectivity index (χ1v) is 11.5. The van der Waals surface area contributed by atoms with Crippen molar-refractivity contribution in [3.05, 3.63) is 60.0 Å². The van der Waals surface area contributed by atoms with Gasteiger partial charge in [-0.1, -0.05) is 0 Å². The number of fused-ring (bicyclic) bond motifs is 1. The Morgan fingerprint density at radius 3 is 2.42 bits per heavy atom. The predicted octanol–water partition coefficient (Wildman–Crippen LogP) is 4.06. The van der Waals surface area contributed by atoms with E-state index in [1.807, 2.05) is 18.2 Å². The van der Waals surface area contributed by atoms with Crippen molar-refractivity contribution in [1.29, 1.82) is 0 Å². The smallest absolute Gasteiger partial charge is 0.492 e. The van der Waals surface area contributed by atoms with Gasteiger partial charge in [-0.25, -0.2) is 9.97 Å². The van der Waals surface area contributed by atoms with Crippen LogP contribution in [0.1, 0.15) is 41.7 Å². The van der Waals surface area contributed by atoms with Gasteiger partial charge in [-0.15, -0.1) is 13.2 Å². The van der Waals surface area contributed by atoms with Crippen molar-refractivity contribution in [2.45, 2.75) is 32.0 Å². The number of benzene rings is 2. The van der Waals surface area contributed by atoms with Crippen LogP contribution < -0.4 is 14.8 Å². The second kappa shape index (κ2) is 10.8. The minimum absolute atomic E-state index is 0.115. The van der Waals surface area contributed by atoms with E-state index >= 15 is 0 Å². The van der Waals surface area contributed by atoms with Gasteiger partial charge >= 0.3 is 6.36 Å². The number of nitrogens with zero attached hydrogens (tertiary/aromatic N) is 3. The van der Waals surface area contributed by atoms with Crippen LogP contribution in [0.3, 0.4) is 0 Å². The van der Waals surface area contributed by atoms with Crippen molar-refractivity contribution in [2.24, 2.45) is 0 Å². The molecule has 0 bridgehead atoms. The molecule has 1 fully saturated rings. The lowest BCUT2D eigenvalue weighted by Gasteiger charge is -2.32. The number of aromatic nitrogens is 2. The van der Waals surface area contributed by atoms with Crippen LogP contribution in [0.4, 0.5) is 13.2 Å². The molecule has 4 rings (SSSR count). The van der Waals surface area contributed by atoms with Crippen molar-refractivity contribution in [2.75, 3.05) is 26.2 Å². The van der Waals surface area contributed by atoms with Crippen molar-refractivity contribution in [1.82, 2.24) is 20.2 Å². The van der Waals surface area contributed by atoms with Crippen LogP contribution in [0.2, 0.25) is 0 Å². The van der Waals surface area contributed by atoms with Gasteiger partial charge in [-0.3, -0.25) is 9.59 Å². The molecule has 0 radical (unpaired) electrons. The quantitative estimate of drug-likeness (QED) is 0.490. The molecule has 1 aliphatic rings. The fourth-order valence-electron chi connectivity index (χ4n) is 4.21. The number of rotatable bonds is 7. The minimum Gasteiger partial charge on any atom is -0.492 e. The van der Waals surface area contributed by atoms with Crippen LogP contribution >= 0.6 is 0 Å². The first kappa shape index (κ1) is 25.2. The molecule has 36 heavy (non-hydrogen) atoms. The Bertz CT molecular complexity index is 1230. The standard InChI is InChI=1S/C25H25F3N4O4/c1-16(33)29-10-13-35-20-6-7-21-22(14-20)30-15-31-23(21)17-8-11-32(12-9-17)24(34)18-2-4-19(5-3-18)36-25(26,27)28/h2-7,14-15,17H,8-13H2,1H3,(H,29,33). The second-order valence-electron chi connectivity index (χ2n) is 8.41. The minimum atomic E-state index is -4.78. The average molecular weight is 502 g/mol. The summed E-state index contributed by atoms with van der Waals surface area (Å²) in [7, 11) is 0. The maximum atomic E-state index is 12.8. The Morgan fingerprint density at radius 1 is 1.06 bits per heavy atom. The molecule has 0 aliphatic carbocycles. The number of piperidine rings is 1. The highest BCUT2D eigenvalue weighted by Crippen LogP contribution is 2.33. The average Bonchev–Trinajstić information content (AvgIpc) is 2.85. The van der Waals surface area contributed by atoms with Crippen LogP contribution in [0.15, 0.2) is 48.8 Å². The molecule has 11 heteroatoms. The van der Waals surface area contributed by atoms with Crippen molar-refractivity contribution >= 4 is 22.7 Å². The number of carbonyl (C=O) groups excluding carboxylic acids is 2. The van der Waals surface area contributed by atoms with E-state index in [4.69, 9.17) is 4.74 Å². The van der Waals surface area contributed by atoms with Gasteiger partial charge in [0, 0.05) is 42.9 Å². The number of hydrogen-bond acceptors (Lipinski definition) is 6. The fourth-order valence-corrected chi connectivity index (χ4v) is 4.21. The Kier molecular flexibility index (Phi) is 7.56. The third-order valence-electron chi connectivity index (χ3n) is 5.89. The molecule has 0 unspecified atom stereocenters. The van der Waals surface area contributed by atoms with Crippen LogP contribution in [0.25, 0.3) is 10.9 Å². The van der Waals surface area contributed by atoms with Gasteiger partial charge in [0.15, 0.2) is 0 Å². The zero-order valence-corrected chi connectivity index (χ0v) is 19.5. The Balaban J connectivity index is 1.37. The summed E-state index contributed by atoms with van der Waals surface area (Å²) in [5.74, 6) is 0.0594. The number of likely N-dealkylation sites (tertiary alicyclic amines) is 1. The molecule has 1 aliphatic heterocycles. The van der Waals surface area contributed by atoms with E-state index in [0.717, 1.165) is 28.7 Å². The second-order valence-corrected chi connectivity index (χ2v) is 8.41. The van der Waals surface area contributed by atoms with Gasteiger partial charge in [0.1, 0.15) is 24.4 Å². The van der Waals surface area contributed by atoms with Gasteiger partial charge < -0.3 is 19.7 Å². The largest absolute Gasteiger partial charge is 0.573 e. The lowest BCUT2D eigenvalue weighted by atomic mass is 9.90. The summed E-state index contributed by atoms with van der Waals surface area (Å²) in [6.45, 7) is 3.20. The molecule has 190 valence electrons. The number of nitrogens with one attached hydrogen (secondary N) is 1. The third-order valence-corrected chi connectivity index (χ3v) is 5.89. The van der Waals surface area contributed by atoms with Crippen LogP contribution in [0, 0.1) is 0 Å². The highest BCUT2D eigenvalue weighted by atomic mass is 19.4. The van der Waals surface area contributed by atoms with Crippen LogP contribution in [0.5, 0.6) is 11.5 Å². The van der Waals surface area contributed by atoms with Gasteiger partial charge in [-0.2, -0.15) is 0 Å². The lowest BCUT2D eigenvalue weighted by Crippen LogP contribution is -2.38. The molecular weight excluding hydrogens is 477 g/mol. The zero-order chi connectivity index (χ0) is 25.7. The summed E-state index contributed by atoms with van der Waals surface area (Å²) >= 11 is 0. The van der Waals surface area contributed by atoms with Crippen LogP contribution in [-0.4, -0.2) is 59.3 Å². The SMILES string of the molecule is CC(=O)NCCOc1ccc2c(C3CCN(C(=O)c4ccc(OC(F)(F)F)cc4)CC3)ncnc2c1. The molecule has 8 nitrogen and oxygen atoms in total. The van der Waals surface area contributed by atoms with Gasteiger partial charge in [0.2, 0.25) is 5.91 Å². The maximum absolute atomic E-state index is 12.8. The van der Waals surface area contributed by atoms with Crippen molar-refractivity contribution < 1.29 is 32.2 Å². The van der Waals surface area contributed by atoms with E-state index < -0.39 is 6.36 Å². The zero-order valence-electron chi connectivity index (χ0n) is 19.5. The Hall–Kier alpha value is -3.89. The number of amides is 2. The molecule has 0 atom stereocenters. The molecular formula is C25H25F3N4O4. The highest BCUT2D eigenvalue weighted by molar-refractivity contribution is 5.94. The predicted molar refractivity (Wildman–Crippen MR) is 125 cm³/mol. The summed E-state index contributed by atoms with van der Waals surface area (Å²) in [6.07, 6.45) is -1.87. The number of ether oxygens (including phenoxy) is 2. The first-order chi connectivity index (χ1) is 17.2. The van der Waals surface area contributed by atoms with E-state index in [9.17, 15) is 22.8 Å². The molecule has 1 saturated heterocycles. The number of hydrogen-bond donors (Lipinski definition) is 1. The summed E-state index contributed by atoms with van der Waals surface area (Å²) in [5.41, 5.74) is 1.96. The molecule has 1 N–H and O–H groups in total. The Labute approximate surface area is 205 Å². The maximum Gasteiger partial charge on any atom is 0.573 e. The van der Waals surface area contributed by atoms with E-state index in [0.29, 0.717) is 50.4 Å². The molecule has 0 spiro atoms. The number of carbonyl (C=O) groups is 2. The lowest BCUT2D eigenvalue weighted by molar-refractivity contribution is -0.274. The van der Waals surface area contributed by atoms with Crippen LogP contribution in [-0.2, 0) is 4.79 Å². The van der Waals surface area contributed by atoms with Crippen molar-refractivity contribution in [3.8, 4) is 11.5 Å². The third kappa shape index (κ3) is 6.41. The monoisotopic (exact) mass is 502 g/mol. The molecule has 2 amide bonds. The first-order valence-electron chi connectivity index (χ1n) is 11.5. The summed E-state index contributed by atoms with van der Waals surface area (Å²) in [4.78, 5) is 34.4. The van der Waals surface area contributed by atoms with E-state index in [1.54, 1.807) is 4.90 Å². The molecule has 0 saturated carbocycles.